The lowest BCUT2D eigenvalue weighted by molar-refractivity contribution is -0.255. The maximum absolute atomic E-state index is 13.5. The van der Waals surface area contributed by atoms with Crippen molar-refractivity contribution < 1.29 is 40.3 Å². The molecule has 0 unspecified atom stereocenters. The Morgan fingerprint density at radius 3 is 2.36 bits per heavy atom. The molecule has 15 heteroatoms. The summed E-state index contributed by atoms with van der Waals surface area (Å²) in [6.07, 6.45) is -3.70. The number of carboxylic acid groups (broad SMARTS) is 1. The highest BCUT2D eigenvalue weighted by Gasteiger charge is 2.35. The molecule has 36 heavy (non-hydrogen) atoms. The van der Waals surface area contributed by atoms with Crippen molar-refractivity contribution in [3.8, 4) is 0 Å². The summed E-state index contributed by atoms with van der Waals surface area (Å²) in [5.41, 5.74) is -1.21. The van der Waals surface area contributed by atoms with Gasteiger partial charge in [0.2, 0.25) is 16.0 Å². The highest BCUT2D eigenvalue weighted by molar-refractivity contribution is 7.92. The maximum Gasteiger partial charge on any atom is 0.421 e. The van der Waals surface area contributed by atoms with E-state index in [-0.39, 0.29) is 39.3 Å². The topological polar surface area (TPSA) is 127 Å². The van der Waals surface area contributed by atoms with Crippen molar-refractivity contribution in [3.63, 3.8) is 0 Å². The summed E-state index contributed by atoms with van der Waals surface area (Å²) in [6, 6.07) is 9.99. The number of hydrogen-bond acceptors (Lipinski definition) is 8. The lowest BCUT2D eigenvalue weighted by Gasteiger charge is -2.21. The van der Waals surface area contributed by atoms with Crippen molar-refractivity contribution in [2.24, 2.45) is 0 Å². The van der Waals surface area contributed by atoms with Gasteiger partial charge >= 0.3 is 12.7 Å². The molecule has 0 bridgehead atoms. The number of nitrogens with one attached hydrogen (secondary N) is 2. The fourth-order valence-corrected chi connectivity index (χ4v) is 3.83. The van der Waals surface area contributed by atoms with E-state index in [1.54, 1.807) is 0 Å². The summed E-state index contributed by atoms with van der Waals surface area (Å²) in [4.78, 5) is 18.3. The van der Waals surface area contributed by atoms with E-state index < -0.39 is 40.1 Å². The van der Waals surface area contributed by atoms with E-state index in [0.717, 1.165) is 12.1 Å². The number of aromatic nitrogens is 2. The summed E-state index contributed by atoms with van der Waals surface area (Å²) in [6.45, 7) is -3.69. The smallest absolute Gasteiger partial charge is 0.421 e. The molecule has 0 aliphatic heterocycles. The molecule has 0 spiro atoms. The second kappa shape index (κ2) is 10.3. The predicted octanol–water partition coefficient (Wildman–Crippen LogP) is 3.20. The minimum Gasteiger partial charge on any atom is -0.545 e. The van der Waals surface area contributed by atoms with E-state index in [9.17, 15) is 40.3 Å². The van der Waals surface area contributed by atoms with Gasteiger partial charge in [-0.15, -0.1) is 0 Å². The molecule has 0 aliphatic rings. The maximum atomic E-state index is 13.5. The molecule has 0 atom stereocenters. The van der Waals surface area contributed by atoms with Gasteiger partial charge < -0.3 is 20.5 Å². The number of nitrogens with zero attached hydrogens (tertiary/aromatic N) is 3. The van der Waals surface area contributed by atoms with Crippen LogP contribution in [0.15, 0.2) is 54.7 Å². The number of hydrogen-bond donors (Lipinski definition) is 2. The zero-order valence-corrected chi connectivity index (χ0v) is 19.1. The molecule has 2 aromatic carbocycles. The minimum atomic E-state index is -4.83. The zero-order valence-electron chi connectivity index (χ0n) is 18.3. The molecule has 192 valence electrons. The first-order valence-electron chi connectivity index (χ1n) is 9.89. The Hall–Kier alpha value is -4.01. The van der Waals surface area contributed by atoms with Crippen LogP contribution >= 0.6 is 0 Å². The number of halogens is 5. The number of alkyl halides is 5. The third-order valence-corrected chi connectivity index (χ3v) is 5.72. The Morgan fingerprint density at radius 2 is 1.81 bits per heavy atom. The highest BCUT2D eigenvalue weighted by atomic mass is 32.2. The molecule has 0 radical (unpaired) electrons. The average molecular weight is 530 g/mol. The van der Waals surface area contributed by atoms with Gasteiger partial charge in [0.1, 0.15) is 11.4 Å². The molecule has 9 nitrogen and oxygen atoms in total. The molecular formula is C21H17F5N5O4S-. The molecule has 1 aromatic heterocycles. The third-order valence-electron chi connectivity index (χ3n) is 4.63. The molecule has 0 fully saturated rings. The van der Waals surface area contributed by atoms with E-state index in [4.69, 9.17) is 0 Å². The van der Waals surface area contributed by atoms with Crippen LogP contribution in [0.5, 0.6) is 0 Å². The van der Waals surface area contributed by atoms with Crippen molar-refractivity contribution in [1.82, 2.24) is 9.97 Å². The lowest BCUT2D eigenvalue weighted by Crippen LogP contribution is -2.34. The second-order valence-electron chi connectivity index (χ2n) is 7.30. The first kappa shape index (κ1) is 26.6. The van der Waals surface area contributed by atoms with Crippen LogP contribution in [0.2, 0.25) is 0 Å². The minimum absolute atomic E-state index is 0.111. The Bertz CT molecular complexity index is 1350. The van der Waals surface area contributed by atoms with Crippen LogP contribution in [-0.4, -0.2) is 37.2 Å². The van der Waals surface area contributed by atoms with Crippen LogP contribution in [0.25, 0.3) is 0 Å². The van der Waals surface area contributed by atoms with Crippen molar-refractivity contribution in [3.05, 3.63) is 71.4 Å². The van der Waals surface area contributed by atoms with Crippen LogP contribution in [0, 0.1) is 0 Å². The largest absolute Gasteiger partial charge is 0.545 e. The molecule has 0 saturated carbocycles. The van der Waals surface area contributed by atoms with Gasteiger partial charge in [-0.3, -0.25) is 0 Å². The SMILES string of the molecule is CS(=O)(=O)N(c1cccc(CNc2nc(Nc3ccc(C(=O)[O-])cc3)ncc2C(F)(F)F)c1)C(F)F. The van der Waals surface area contributed by atoms with Crippen LogP contribution in [0.3, 0.4) is 0 Å². The van der Waals surface area contributed by atoms with Gasteiger partial charge in [0, 0.05) is 18.4 Å². The third kappa shape index (κ3) is 6.56. The van der Waals surface area contributed by atoms with Gasteiger partial charge in [-0.25, -0.2) is 17.7 Å². The zero-order chi connectivity index (χ0) is 26.7. The standard InChI is InChI=1S/C21H18F5N5O4S/c1-36(34,35)31(19(22)23)15-4-2-3-12(9-15)10-27-17-16(21(24,25)26)11-28-20(30-17)29-14-7-5-13(6-8-14)18(32)33/h2-9,11,19H,10H2,1H3,(H,32,33)(H2,27,28,29,30)/p-1. The van der Waals surface area contributed by atoms with Crippen LogP contribution in [0.1, 0.15) is 21.5 Å². The van der Waals surface area contributed by atoms with Crippen LogP contribution in [-0.2, 0) is 22.7 Å². The van der Waals surface area contributed by atoms with Gasteiger partial charge in [-0.05, 0) is 35.4 Å². The number of rotatable bonds is 9. The van der Waals surface area contributed by atoms with E-state index in [1.165, 1.54) is 36.4 Å². The van der Waals surface area contributed by atoms with Crippen molar-refractivity contribution in [2.75, 3.05) is 21.2 Å². The first-order chi connectivity index (χ1) is 16.8. The van der Waals surface area contributed by atoms with Gasteiger partial charge in [0.05, 0.1) is 17.9 Å². The monoisotopic (exact) mass is 530 g/mol. The van der Waals surface area contributed by atoms with Gasteiger partial charge in [-0.1, -0.05) is 24.3 Å². The average Bonchev–Trinajstić information content (AvgIpc) is 2.76. The number of aromatic carboxylic acids is 1. The molecule has 0 amide bonds. The second-order valence-corrected chi connectivity index (χ2v) is 9.16. The molecule has 1 heterocycles. The molecular weight excluding hydrogens is 513 g/mol. The highest BCUT2D eigenvalue weighted by Crippen LogP contribution is 2.34. The van der Waals surface area contributed by atoms with Crippen LogP contribution in [0.4, 0.5) is 45.1 Å². The summed E-state index contributed by atoms with van der Waals surface area (Å²) in [5, 5.41) is 15.9. The lowest BCUT2D eigenvalue weighted by atomic mass is 10.2. The van der Waals surface area contributed by atoms with E-state index in [2.05, 4.69) is 20.6 Å². The molecule has 0 aliphatic carbocycles. The molecule has 0 saturated heterocycles. The summed E-state index contributed by atoms with van der Waals surface area (Å²) < 4.78 is 90.3. The Morgan fingerprint density at radius 1 is 1.14 bits per heavy atom. The Balaban J connectivity index is 1.86. The van der Waals surface area contributed by atoms with Gasteiger partial charge in [-0.2, -0.15) is 26.9 Å². The number of carbonyl (C=O) groups excluding carboxylic acids is 1. The molecule has 3 aromatic rings. The van der Waals surface area contributed by atoms with E-state index >= 15 is 0 Å². The van der Waals surface area contributed by atoms with Crippen molar-refractivity contribution in [2.45, 2.75) is 19.3 Å². The van der Waals surface area contributed by atoms with Crippen LogP contribution < -0.4 is 20.0 Å². The number of sulfonamides is 1. The molecule has 2 N–H and O–H groups in total. The number of carboxylic acids is 1. The Labute approximate surface area is 201 Å². The fourth-order valence-electron chi connectivity index (χ4n) is 3.04. The summed E-state index contributed by atoms with van der Waals surface area (Å²) in [7, 11) is -4.32. The summed E-state index contributed by atoms with van der Waals surface area (Å²) >= 11 is 0. The quantitative estimate of drug-likeness (QED) is 0.319. The van der Waals surface area contributed by atoms with Crippen molar-refractivity contribution >= 4 is 39.1 Å². The fraction of sp³-hybridized carbons (Fsp3) is 0.190. The molecule has 3 rings (SSSR count). The number of benzene rings is 2. The first-order valence-corrected chi connectivity index (χ1v) is 11.7. The number of anilines is 4. The van der Waals surface area contributed by atoms with E-state index in [0.29, 0.717) is 12.5 Å². The predicted molar refractivity (Wildman–Crippen MR) is 118 cm³/mol. The Kier molecular flexibility index (Phi) is 7.62. The van der Waals surface area contributed by atoms with Crippen molar-refractivity contribution in [1.29, 1.82) is 0 Å². The van der Waals surface area contributed by atoms with E-state index in [1.807, 2.05) is 0 Å². The van der Waals surface area contributed by atoms with Gasteiger partial charge in [0.25, 0.3) is 0 Å². The number of carbonyl (C=O) groups is 1. The van der Waals surface area contributed by atoms with Gasteiger partial charge in [0.15, 0.2) is 0 Å². The summed E-state index contributed by atoms with van der Waals surface area (Å²) in [5.74, 6) is -2.29. The normalized spacial score (nSPS) is 11.9.